The number of rotatable bonds is 6. The highest BCUT2D eigenvalue weighted by Crippen LogP contribution is 2.29. The predicted molar refractivity (Wildman–Crippen MR) is 76.3 cm³/mol. The van der Waals surface area contributed by atoms with Crippen LogP contribution in [0.5, 0.6) is 0 Å². The summed E-state index contributed by atoms with van der Waals surface area (Å²) in [5.74, 6) is 1.10. The van der Waals surface area contributed by atoms with Crippen molar-refractivity contribution in [3.05, 3.63) is 47.6 Å². The van der Waals surface area contributed by atoms with Gasteiger partial charge in [-0.25, -0.2) is 0 Å². The number of aromatic nitrogens is 2. The van der Waals surface area contributed by atoms with Crippen LogP contribution in [0.4, 0.5) is 0 Å². The third-order valence-electron chi connectivity index (χ3n) is 3.45. The Hall–Kier alpha value is -1.72. The van der Waals surface area contributed by atoms with Crippen molar-refractivity contribution in [2.24, 2.45) is 5.73 Å². The summed E-state index contributed by atoms with van der Waals surface area (Å²) in [4.78, 5) is 4.45. The zero-order valence-electron chi connectivity index (χ0n) is 12.2. The molecule has 1 aromatic carbocycles. The Kier molecular flexibility index (Phi) is 4.52. The van der Waals surface area contributed by atoms with Crippen LogP contribution in [0.25, 0.3) is 0 Å². The fourth-order valence-corrected chi connectivity index (χ4v) is 1.99. The summed E-state index contributed by atoms with van der Waals surface area (Å²) >= 11 is 0. The molecule has 2 N–H and O–H groups in total. The summed E-state index contributed by atoms with van der Waals surface area (Å²) in [5, 5.41) is 4.09. The lowest BCUT2D eigenvalue weighted by Gasteiger charge is -2.20. The predicted octanol–water partition coefficient (Wildman–Crippen LogP) is 2.43. The van der Waals surface area contributed by atoms with Crippen LogP contribution in [-0.4, -0.2) is 23.9 Å². The molecule has 1 unspecified atom stereocenters. The van der Waals surface area contributed by atoms with E-state index in [-0.39, 0.29) is 11.5 Å². The SMILES string of the molecule is COCCC(N)c1nc(C(C)(C)c2ccccc2)no1. The molecule has 2 aromatic rings. The molecule has 0 radical (unpaired) electrons. The van der Waals surface area contributed by atoms with Crippen molar-refractivity contribution in [1.29, 1.82) is 0 Å². The van der Waals surface area contributed by atoms with E-state index in [4.69, 9.17) is 15.0 Å². The number of nitrogens with two attached hydrogens (primary N) is 1. The van der Waals surface area contributed by atoms with Crippen molar-refractivity contribution >= 4 is 0 Å². The zero-order valence-corrected chi connectivity index (χ0v) is 12.2. The van der Waals surface area contributed by atoms with Gasteiger partial charge in [-0.15, -0.1) is 0 Å². The van der Waals surface area contributed by atoms with E-state index in [0.717, 1.165) is 5.56 Å². The van der Waals surface area contributed by atoms with Gasteiger partial charge in [0.2, 0.25) is 5.89 Å². The summed E-state index contributed by atoms with van der Waals surface area (Å²) in [7, 11) is 1.64. The minimum Gasteiger partial charge on any atom is -0.385 e. The topological polar surface area (TPSA) is 74.2 Å². The van der Waals surface area contributed by atoms with E-state index in [1.54, 1.807) is 7.11 Å². The van der Waals surface area contributed by atoms with Crippen molar-refractivity contribution in [3.8, 4) is 0 Å². The molecule has 0 aliphatic rings. The van der Waals surface area contributed by atoms with Crippen molar-refractivity contribution in [1.82, 2.24) is 10.1 Å². The summed E-state index contributed by atoms with van der Waals surface area (Å²) in [6.07, 6.45) is 0.657. The first kappa shape index (κ1) is 14.7. The zero-order chi connectivity index (χ0) is 14.6. The van der Waals surface area contributed by atoms with Crippen LogP contribution in [0, 0.1) is 0 Å². The second kappa shape index (κ2) is 6.15. The van der Waals surface area contributed by atoms with Crippen LogP contribution in [-0.2, 0) is 10.2 Å². The maximum absolute atomic E-state index is 6.00. The Morgan fingerprint density at radius 1 is 1.30 bits per heavy atom. The molecule has 0 bridgehead atoms. The number of nitrogens with zero attached hydrogens (tertiary/aromatic N) is 2. The molecule has 20 heavy (non-hydrogen) atoms. The van der Waals surface area contributed by atoms with Gasteiger partial charge in [-0.05, 0) is 25.8 Å². The monoisotopic (exact) mass is 275 g/mol. The molecule has 5 heteroatoms. The largest absolute Gasteiger partial charge is 0.385 e. The summed E-state index contributed by atoms with van der Waals surface area (Å²) < 4.78 is 10.3. The Bertz CT molecular complexity index is 537. The molecule has 108 valence electrons. The highest BCUT2D eigenvalue weighted by molar-refractivity contribution is 5.30. The van der Waals surface area contributed by atoms with Gasteiger partial charge in [-0.2, -0.15) is 4.98 Å². The van der Waals surface area contributed by atoms with Crippen molar-refractivity contribution in [2.45, 2.75) is 31.7 Å². The quantitative estimate of drug-likeness (QED) is 0.876. The number of hydrogen-bond donors (Lipinski definition) is 1. The lowest BCUT2D eigenvalue weighted by Crippen LogP contribution is -2.21. The first-order chi connectivity index (χ1) is 9.55. The van der Waals surface area contributed by atoms with E-state index in [9.17, 15) is 0 Å². The molecule has 0 aliphatic carbocycles. The van der Waals surface area contributed by atoms with E-state index in [0.29, 0.717) is 24.7 Å². The molecular weight excluding hydrogens is 254 g/mol. The fraction of sp³-hybridized carbons (Fsp3) is 0.467. The summed E-state index contributed by atoms with van der Waals surface area (Å²) in [6, 6.07) is 9.82. The van der Waals surface area contributed by atoms with Gasteiger partial charge in [-0.1, -0.05) is 35.5 Å². The lowest BCUT2D eigenvalue weighted by molar-refractivity contribution is 0.182. The highest BCUT2D eigenvalue weighted by Gasteiger charge is 2.29. The van der Waals surface area contributed by atoms with Crippen LogP contribution in [0.15, 0.2) is 34.9 Å². The third-order valence-corrected chi connectivity index (χ3v) is 3.45. The normalized spacial score (nSPS) is 13.4. The molecule has 0 fully saturated rings. The molecular formula is C15H21N3O2. The molecule has 0 saturated carbocycles. The number of benzene rings is 1. The highest BCUT2D eigenvalue weighted by atomic mass is 16.5. The molecule has 1 aromatic heterocycles. The molecule has 5 nitrogen and oxygen atoms in total. The molecule has 0 aliphatic heterocycles. The van der Waals surface area contributed by atoms with Crippen LogP contribution < -0.4 is 5.73 Å². The number of methoxy groups -OCH3 is 1. The molecule has 0 amide bonds. The average molecular weight is 275 g/mol. The van der Waals surface area contributed by atoms with E-state index in [1.165, 1.54) is 0 Å². The lowest BCUT2D eigenvalue weighted by atomic mass is 9.84. The fourth-order valence-electron chi connectivity index (χ4n) is 1.99. The molecule has 1 heterocycles. The van der Waals surface area contributed by atoms with Crippen molar-refractivity contribution in [2.75, 3.05) is 13.7 Å². The van der Waals surface area contributed by atoms with E-state index in [1.807, 2.05) is 18.2 Å². The molecule has 0 saturated heterocycles. The van der Waals surface area contributed by atoms with Crippen molar-refractivity contribution < 1.29 is 9.26 Å². The smallest absolute Gasteiger partial charge is 0.243 e. The van der Waals surface area contributed by atoms with Crippen LogP contribution in [0.3, 0.4) is 0 Å². The molecule has 0 spiro atoms. The van der Waals surface area contributed by atoms with Gasteiger partial charge in [0, 0.05) is 13.7 Å². The first-order valence-electron chi connectivity index (χ1n) is 6.70. The van der Waals surface area contributed by atoms with Crippen LogP contribution in [0.1, 0.15) is 43.6 Å². The van der Waals surface area contributed by atoms with Gasteiger partial charge < -0.3 is 15.0 Å². The van der Waals surface area contributed by atoms with E-state index >= 15 is 0 Å². The maximum atomic E-state index is 6.00. The van der Waals surface area contributed by atoms with E-state index in [2.05, 4.69) is 36.1 Å². The summed E-state index contributed by atoms with van der Waals surface area (Å²) in [5.41, 5.74) is 6.82. The van der Waals surface area contributed by atoms with Gasteiger partial charge in [0.05, 0.1) is 11.5 Å². The van der Waals surface area contributed by atoms with Gasteiger partial charge in [0.25, 0.3) is 0 Å². The maximum Gasteiger partial charge on any atom is 0.243 e. The Labute approximate surface area is 119 Å². The number of ether oxygens (including phenoxy) is 1. The molecule has 1 atom stereocenters. The third kappa shape index (κ3) is 3.05. The minimum atomic E-state index is -0.315. The van der Waals surface area contributed by atoms with Crippen LogP contribution >= 0.6 is 0 Å². The van der Waals surface area contributed by atoms with Crippen molar-refractivity contribution in [3.63, 3.8) is 0 Å². The Balaban J connectivity index is 2.19. The average Bonchev–Trinajstić information content (AvgIpc) is 2.96. The molecule has 2 rings (SSSR count). The number of hydrogen-bond acceptors (Lipinski definition) is 5. The second-order valence-corrected chi connectivity index (χ2v) is 5.34. The van der Waals surface area contributed by atoms with Gasteiger partial charge >= 0.3 is 0 Å². The Morgan fingerprint density at radius 3 is 2.65 bits per heavy atom. The minimum absolute atomic E-state index is 0.289. The van der Waals surface area contributed by atoms with E-state index < -0.39 is 0 Å². The summed E-state index contributed by atoms with van der Waals surface area (Å²) in [6.45, 7) is 4.70. The van der Waals surface area contributed by atoms with Gasteiger partial charge in [0.15, 0.2) is 5.82 Å². The Morgan fingerprint density at radius 2 is 2.00 bits per heavy atom. The standard InChI is InChI=1S/C15H21N3O2/c1-15(2,11-7-5-4-6-8-11)14-17-13(20-18-14)12(16)9-10-19-3/h4-8,12H,9-10,16H2,1-3H3. The first-order valence-corrected chi connectivity index (χ1v) is 6.70. The second-order valence-electron chi connectivity index (χ2n) is 5.34. The van der Waals surface area contributed by atoms with Gasteiger partial charge in [-0.3, -0.25) is 0 Å². The van der Waals surface area contributed by atoms with Crippen LogP contribution in [0.2, 0.25) is 0 Å². The van der Waals surface area contributed by atoms with Gasteiger partial charge in [0.1, 0.15) is 0 Å².